The van der Waals surface area contributed by atoms with Gasteiger partial charge in [0.2, 0.25) is 6.41 Å². The Morgan fingerprint density at radius 1 is 1.26 bits per heavy atom. The van der Waals surface area contributed by atoms with Crippen LogP contribution in [0.15, 0.2) is 29.3 Å². The van der Waals surface area contributed by atoms with Crippen LogP contribution in [0.2, 0.25) is 0 Å². The highest BCUT2D eigenvalue weighted by Gasteiger charge is 2.22. The third-order valence-corrected chi connectivity index (χ3v) is 6.72. The zero-order valence-electron chi connectivity index (χ0n) is 15.8. The van der Waals surface area contributed by atoms with Gasteiger partial charge in [-0.3, -0.25) is 4.79 Å². The summed E-state index contributed by atoms with van der Waals surface area (Å²) >= 11 is 1.56. The molecule has 1 aliphatic rings. The molecule has 9 heteroatoms. The number of nitrogens with two attached hydrogens (primary N) is 1. The molecule has 3 rings (SSSR count). The van der Waals surface area contributed by atoms with Gasteiger partial charge in [-0.15, -0.1) is 0 Å². The fraction of sp³-hybridized carbons (Fsp3) is 0.444. The molecule has 0 radical (unpaired) electrons. The number of hydrogen-bond acceptors (Lipinski definition) is 6. The van der Waals surface area contributed by atoms with Crippen LogP contribution < -0.4 is 15.4 Å². The van der Waals surface area contributed by atoms with Crippen molar-refractivity contribution in [2.45, 2.75) is 31.2 Å². The van der Waals surface area contributed by atoms with E-state index in [4.69, 9.17) is 5.73 Å². The number of hydrogen-bond donors (Lipinski definition) is 2. The van der Waals surface area contributed by atoms with Gasteiger partial charge in [0.05, 0.1) is 9.77 Å². The number of aromatic nitrogens is 1. The number of thiazole rings is 1. The first kappa shape index (κ1) is 19.8. The van der Waals surface area contributed by atoms with Gasteiger partial charge in [0, 0.05) is 49.2 Å². The normalized spacial score (nSPS) is 16.4. The van der Waals surface area contributed by atoms with Crippen molar-refractivity contribution >= 4 is 39.6 Å². The molecule has 1 amide bonds. The Kier molecular flexibility index (Phi) is 5.83. The minimum absolute atomic E-state index is 0.288. The summed E-state index contributed by atoms with van der Waals surface area (Å²) < 4.78 is 16.0. The number of nitrogens with zero attached hydrogens (tertiary/aromatic N) is 3. The molecule has 0 aliphatic carbocycles. The van der Waals surface area contributed by atoms with Crippen LogP contribution in [0, 0.1) is 0 Å². The minimum atomic E-state index is -1.39. The van der Waals surface area contributed by atoms with Gasteiger partial charge in [0.15, 0.2) is 5.13 Å². The number of amides is 1. The van der Waals surface area contributed by atoms with Crippen LogP contribution in [-0.2, 0) is 15.8 Å². The molecule has 0 spiro atoms. The van der Waals surface area contributed by atoms with Crippen molar-refractivity contribution < 1.29 is 9.00 Å². The van der Waals surface area contributed by atoms with E-state index in [-0.39, 0.29) is 5.54 Å². The molecule has 1 aliphatic heterocycles. The van der Waals surface area contributed by atoms with E-state index in [0.29, 0.717) is 23.7 Å². The number of benzene rings is 1. The molecule has 1 aromatic carbocycles. The highest BCUT2D eigenvalue weighted by atomic mass is 32.2. The smallest absolute Gasteiger partial charge is 0.209 e. The summed E-state index contributed by atoms with van der Waals surface area (Å²) in [5.74, 6) is 0. The van der Waals surface area contributed by atoms with E-state index in [2.05, 4.69) is 14.6 Å². The highest BCUT2D eigenvalue weighted by molar-refractivity contribution is 7.83. The summed E-state index contributed by atoms with van der Waals surface area (Å²) in [5, 5.41) is 0.910. The van der Waals surface area contributed by atoms with Crippen molar-refractivity contribution in [3.63, 3.8) is 0 Å². The number of carbonyl (C=O) groups excluding carboxylic acids is 1. The van der Waals surface area contributed by atoms with Crippen molar-refractivity contribution in [1.82, 2.24) is 14.6 Å². The molecule has 146 valence electrons. The number of piperazine rings is 1. The van der Waals surface area contributed by atoms with E-state index in [1.807, 2.05) is 39.1 Å². The predicted octanol–water partition coefficient (Wildman–Crippen LogP) is 2.08. The van der Waals surface area contributed by atoms with Crippen molar-refractivity contribution in [3.8, 4) is 10.4 Å². The molecule has 1 atom stereocenters. The fourth-order valence-electron chi connectivity index (χ4n) is 2.78. The van der Waals surface area contributed by atoms with Gasteiger partial charge < -0.3 is 15.5 Å². The van der Waals surface area contributed by atoms with E-state index < -0.39 is 11.0 Å². The van der Waals surface area contributed by atoms with E-state index in [9.17, 15) is 9.00 Å². The number of anilines is 2. The van der Waals surface area contributed by atoms with Gasteiger partial charge in [0.1, 0.15) is 11.0 Å². The molecule has 1 unspecified atom stereocenters. The second kappa shape index (κ2) is 7.95. The Bertz CT molecular complexity index is 839. The first-order valence-corrected chi connectivity index (χ1v) is 10.7. The van der Waals surface area contributed by atoms with E-state index in [0.717, 1.165) is 35.1 Å². The van der Waals surface area contributed by atoms with E-state index in [1.54, 1.807) is 22.3 Å². The average molecular weight is 408 g/mol. The highest BCUT2D eigenvalue weighted by Crippen LogP contribution is 2.35. The first-order valence-electron chi connectivity index (χ1n) is 8.76. The average Bonchev–Trinajstić information content (AvgIpc) is 3.10. The lowest BCUT2D eigenvalue weighted by molar-refractivity contribution is -0.118. The third kappa shape index (κ3) is 4.85. The Hall–Kier alpha value is -1.97. The molecule has 0 saturated carbocycles. The summed E-state index contributed by atoms with van der Waals surface area (Å²) in [4.78, 5) is 21.0. The standard InChI is InChI=1S/C18H25N5O2S2/c1-18(2,3)21-27(25)16-10-13(19)4-5-14(16)15-11-20-17(26-15)23-8-6-22(12-24)7-9-23/h4-5,10-12,21H,6-9,19H2,1-3H3. The van der Waals surface area contributed by atoms with Crippen LogP contribution in [0.4, 0.5) is 10.8 Å². The van der Waals surface area contributed by atoms with Gasteiger partial charge in [0.25, 0.3) is 0 Å². The van der Waals surface area contributed by atoms with Crippen LogP contribution in [0.25, 0.3) is 10.4 Å². The second-order valence-corrected chi connectivity index (χ2v) is 9.70. The lowest BCUT2D eigenvalue weighted by Crippen LogP contribution is -2.45. The minimum Gasteiger partial charge on any atom is -0.399 e. The van der Waals surface area contributed by atoms with Gasteiger partial charge in [-0.05, 0) is 32.9 Å². The van der Waals surface area contributed by atoms with Crippen LogP contribution in [-0.4, -0.2) is 52.2 Å². The van der Waals surface area contributed by atoms with Crippen LogP contribution in [0.5, 0.6) is 0 Å². The second-order valence-electron chi connectivity index (χ2n) is 7.51. The molecular weight excluding hydrogens is 382 g/mol. The van der Waals surface area contributed by atoms with Crippen LogP contribution in [0.1, 0.15) is 20.8 Å². The van der Waals surface area contributed by atoms with Gasteiger partial charge in [-0.1, -0.05) is 17.4 Å². The zero-order chi connectivity index (χ0) is 19.6. The summed E-state index contributed by atoms with van der Waals surface area (Å²) in [6.45, 7) is 8.84. The molecule has 27 heavy (non-hydrogen) atoms. The van der Waals surface area contributed by atoms with E-state index >= 15 is 0 Å². The number of carbonyl (C=O) groups is 1. The maximum atomic E-state index is 12.9. The molecule has 0 bridgehead atoms. The molecule has 2 heterocycles. The summed E-state index contributed by atoms with van der Waals surface area (Å²) in [5.41, 5.74) is 7.10. The maximum absolute atomic E-state index is 12.9. The Morgan fingerprint density at radius 3 is 2.59 bits per heavy atom. The van der Waals surface area contributed by atoms with Crippen molar-refractivity contribution in [1.29, 1.82) is 0 Å². The predicted molar refractivity (Wildman–Crippen MR) is 111 cm³/mol. The molecule has 2 aromatic rings. The monoisotopic (exact) mass is 407 g/mol. The SMILES string of the molecule is CC(C)(C)NS(=O)c1cc(N)ccc1-c1cnc(N2CCN(C=O)CC2)s1. The summed E-state index contributed by atoms with van der Waals surface area (Å²) in [7, 11) is -1.39. The van der Waals surface area contributed by atoms with Gasteiger partial charge in [-0.25, -0.2) is 13.9 Å². The number of rotatable bonds is 5. The van der Waals surface area contributed by atoms with Crippen molar-refractivity contribution in [2.24, 2.45) is 0 Å². The topological polar surface area (TPSA) is 91.6 Å². The van der Waals surface area contributed by atoms with Crippen LogP contribution in [0.3, 0.4) is 0 Å². The molecule has 1 fully saturated rings. The van der Waals surface area contributed by atoms with Gasteiger partial charge >= 0.3 is 0 Å². The molecule has 3 N–H and O–H groups in total. The Balaban J connectivity index is 1.86. The molecule has 7 nitrogen and oxygen atoms in total. The van der Waals surface area contributed by atoms with Crippen LogP contribution >= 0.6 is 11.3 Å². The lowest BCUT2D eigenvalue weighted by atomic mass is 10.1. The Morgan fingerprint density at radius 2 is 1.96 bits per heavy atom. The number of nitrogens with one attached hydrogen (secondary N) is 1. The van der Waals surface area contributed by atoms with Crippen molar-refractivity contribution in [2.75, 3.05) is 36.8 Å². The molecule has 1 saturated heterocycles. The Labute approximate surface area is 166 Å². The quantitative estimate of drug-likeness (QED) is 0.585. The van der Waals surface area contributed by atoms with Crippen molar-refractivity contribution in [3.05, 3.63) is 24.4 Å². The lowest BCUT2D eigenvalue weighted by Gasteiger charge is -2.32. The first-order chi connectivity index (χ1) is 12.8. The zero-order valence-corrected chi connectivity index (χ0v) is 17.4. The summed E-state index contributed by atoms with van der Waals surface area (Å²) in [6, 6.07) is 5.47. The number of nitrogen functional groups attached to an aromatic ring is 1. The fourth-order valence-corrected chi connectivity index (χ4v) is 5.14. The summed E-state index contributed by atoms with van der Waals surface area (Å²) in [6.07, 6.45) is 2.71. The molecular formula is C18H25N5O2S2. The maximum Gasteiger partial charge on any atom is 0.209 e. The third-order valence-electron chi connectivity index (χ3n) is 4.10. The molecule has 1 aromatic heterocycles. The largest absolute Gasteiger partial charge is 0.399 e. The van der Waals surface area contributed by atoms with Gasteiger partial charge in [-0.2, -0.15) is 0 Å². The van der Waals surface area contributed by atoms with E-state index in [1.165, 1.54) is 0 Å².